The average molecular weight is 492 g/mol. The predicted octanol–water partition coefficient (Wildman–Crippen LogP) is 2.51. The molecule has 1 saturated carbocycles. The molecule has 1 fully saturated rings. The molecule has 3 aromatic rings. The van der Waals surface area contributed by atoms with Crippen molar-refractivity contribution in [2.45, 2.75) is 43.9 Å². The maximum atomic E-state index is 12.8. The topological polar surface area (TPSA) is 163 Å². The highest BCUT2D eigenvalue weighted by Crippen LogP contribution is 2.21. The Hall–Kier alpha value is -4.12. The number of alkyl halides is 3. The van der Waals surface area contributed by atoms with Gasteiger partial charge in [0, 0.05) is 25.3 Å². The lowest BCUT2D eigenvalue weighted by molar-refractivity contribution is -0.192. The van der Waals surface area contributed by atoms with Gasteiger partial charge in [-0.15, -0.1) is 5.10 Å². The average Bonchev–Trinajstić information content (AvgIpc) is 3.37. The molecule has 1 aliphatic rings. The van der Waals surface area contributed by atoms with Crippen LogP contribution in [0.25, 0.3) is 5.52 Å². The van der Waals surface area contributed by atoms with Crippen molar-refractivity contribution in [1.82, 2.24) is 19.4 Å². The molecule has 0 aliphatic heterocycles. The van der Waals surface area contributed by atoms with Crippen molar-refractivity contribution in [2.75, 3.05) is 10.6 Å². The van der Waals surface area contributed by atoms with Crippen LogP contribution in [0.5, 0.6) is 0 Å². The molecule has 3 heterocycles. The first kappa shape index (κ1) is 25.5. The zero-order valence-electron chi connectivity index (χ0n) is 18.6. The lowest BCUT2D eigenvalue weighted by Gasteiger charge is -2.29. The fraction of sp³-hybridized carbons (Fsp3) is 0.381. The molecule has 14 heteroatoms. The molecule has 0 aromatic carbocycles. The molecule has 5 N–H and O–H groups in total. The van der Waals surface area contributed by atoms with E-state index in [1.165, 1.54) is 4.68 Å². The fourth-order valence-electron chi connectivity index (χ4n) is 3.61. The van der Waals surface area contributed by atoms with E-state index < -0.39 is 12.1 Å². The molecule has 2 atom stereocenters. The molecule has 0 unspecified atom stereocenters. The number of hydrogen-bond acceptors (Lipinski definition) is 7. The first-order chi connectivity index (χ1) is 16.5. The maximum absolute atomic E-state index is 12.8. The van der Waals surface area contributed by atoms with E-state index in [0.717, 1.165) is 31.2 Å². The SMILES string of the molecule is Cn1cc(NC(=O)c2ccc3ccc(N[C@@H]4CCCC[C@@H]4N)nn23)c(C#N)n1.O=C(O)C(F)(F)F. The van der Waals surface area contributed by atoms with Gasteiger partial charge in [-0.25, -0.2) is 9.31 Å². The second-order valence-corrected chi connectivity index (χ2v) is 7.91. The Bertz CT molecular complexity index is 1260. The van der Waals surface area contributed by atoms with Gasteiger partial charge in [-0.1, -0.05) is 12.8 Å². The zero-order chi connectivity index (χ0) is 25.8. The minimum Gasteiger partial charge on any atom is -0.475 e. The molecule has 35 heavy (non-hydrogen) atoms. The number of carbonyl (C=O) groups excluding carboxylic acids is 1. The van der Waals surface area contributed by atoms with E-state index in [1.54, 1.807) is 23.8 Å². The first-order valence-electron chi connectivity index (χ1n) is 10.6. The maximum Gasteiger partial charge on any atom is 0.490 e. The molecular formula is C21H23F3N8O3. The number of nitrogens with one attached hydrogen (secondary N) is 2. The monoisotopic (exact) mass is 492 g/mol. The summed E-state index contributed by atoms with van der Waals surface area (Å²) in [5.41, 5.74) is 7.93. The summed E-state index contributed by atoms with van der Waals surface area (Å²) in [6, 6.07) is 9.59. The highest BCUT2D eigenvalue weighted by Gasteiger charge is 2.38. The van der Waals surface area contributed by atoms with Crippen LogP contribution in [0.4, 0.5) is 24.7 Å². The fourth-order valence-corrected chi connectivity index (χ4v) is 3.61. The van der Waals surface area contributed by atoms with E-state index in [9.17, 15) is 18.0 Å². The minimum atomic E-state index is -5.08. The smallest absolute Gasteiger partial charge is 0.475 e. The number of nitrogens with two attached hydrogens (primary N) is 1. The van der Waals surface area contributed by atoms with Gasteiger partial charge in [-0.05, 0) is 37.1 Å². The van der Waals surface area contributed by atoms with Crippen LogP contribution in [0, 0.1) is 11.3 Å². The van der Waals surface area contributed by atoms with Crippen LogP contribution in [0.1, 0.15) is 41.9 Å². The van der Waals surface area contributed by atoms with E-state index in [-0.39, 0.29) is 23.7 Å². The minimum absolute atomic E-state index is 0.105. The molecule has 0 radical (unpaired) electrons. The van der Waals surface area contributed by atoms with Crippen molar-refractivity contribution in [3.05, 3.63) is 41.9 Å². The highest BCUT2D eigenvalue weighted by molar-refractivity contribution is 6.04. The lowest BCUT2D eigenvalue weighted by atomic mass is 9.91. The number of hydrogen-bond donors (Lipinski definition) is 4. The van der Waals surface area contributed by atoms with Crippen LogP contribution < -0.4 is 16.4 Å². The first-order valence-corrected chi connectivity index (χ1v) is 10.6. The van der Waals surface area contributed by atoms with E-state index in [2.05, 4.69) is 20.8 Å². The van der Waals surface area contributed by atoms with E-state index in [1.807, 2.05) is 24.3 Å². The van der Waals surface area contributed by atoms with Crippen LogP contribution in [-0.2, 0) is 11.8 Å². The van der Waals surface area contributed by atoms with E-state index in [4.69, 9.17) is 20.9 Å². The van der Waals surface area contributed by atoms with Crippen molar-refractivity contribution in [2.24, 2.45) is 12.8 Å². The van der Waals surface area contributed by atoms with Gasteiger partial charge in [0.15, 0.2) is 5.69 Å². The summed E-state index contributed by atoms with van der Waals surface area (Å²) in [5.74, 6) is -2.43. The van der Waals surface area contributed by atoms with Crippen LogP contribution in [-0.4, -0.2) is 54.6 Å². The Kier molecular flexibility index (Phi) is 7.60. The Morgan fingerprint density at radius 2 is 1.86 bits per heavy atom. The summed E-state index contributed by atoms with van der Waals surface area (Å²) in [6.45, 7) is 0. The Balaban J connectivity index is 0.000000429. The molecule has 0 saturated heterocycles. The Morgan fingerprint density at radius 3 is 2.49 bits per heavy atom. The van der Waals surface area contributed by atoms with Gasteiger partial charge in [0.05, 0.1) is 11.2 Å². The molecule has 1 amide bonds. The number of rotatable bonds is 4. The van der Waals surface area contributed by atoms with Crippen molar-refractivity contribution >= 4 is 28.9 Å². The number of amides is 1. The predicted molar refractivity (Wildman–Crippen MR) is 119 cm³/mol. The number of nitriles is 1. The summed E-state index contributed by atoms with van der Waals surface area (Å²) in [4.78, 5) is 21.7. The van der Waals surface area contributed by atoms with Gasteiger partial charge in [-0.2, -0.15) is 23.5 Å². The highest BCUT2D eigenvalue weighted by atomic mass is 19.4. The summed E-state index contributed by atoms with van der Waals surface area (Å²) in [5, 5.41) is 31.0. The van der Waals surface area contributed by atoms with Crippen molar-refractivity contribution in [3.8, 4) is 6.07 Å². The number of halogens is 3. The van der Waals surface area contributed by atoms with Crippen molar-refractivity contribution in [3.63, 3.8) is 0 Å². The number of aliphatic carboxylic acids is 1. The molecule has 4 rings (SSSR count). The van der Waals surface area contributed by atoms with Gasteiger partial charge >= 0.3 is 12.1 Å². The number of carbonyl (C=O) groups is 2. The molecule has 3 aromatic heterocycles. The number of carboxylic acid groups (broad SMARTS) is 1. The molecular weight excluding hydrogens is 469 g/mol. The van der Waals surface area contributed by atoms with Crippen LogP contribution in [0.2, 0.25) is 0 Å². The van der Waals surface area contributed by atoms with Crippen molar-refractivity contribution < 1.29 is 27.9 Å². The molecule has 0 spiro atoms. The van der Waals surface area contributed by atoms with Crippen LogP contribution in [0.3, 0.4) is 0 Å². The van der Waals surface area contributed by atoms with Crippen LogP contribution >= 0.6 is 0 Å². The number of nitrogens with zero attached hydrogens (tertiary/aromatic N) is 5. The van der Waals surface area contributed by atoms with Crippen LogP contribution in [0.15, 0.2) is 30.5 Å². The number of carboxylic acids is 1. The molecule has 11 nitrogen and oxygen atoms in total. The summed E-state index contributed by atoms with van der Waals surface area (Å²) in [6.07, 6.45) is 0.836. The third kappa shape index (κ3) is 6.27. The Labute approximate surface area is 197 Å². The molecule has 0 bridgehead atoms. The molecule has 186 valence electrons. The number of aromatic nitrogens is 4. The number of fused-ring (bicyclic) bond motifs is 1. The number of anilines is 2. The number of aryl methyl sites for hydroxylation is 1. The lowest BCUT2D eigenvalue weighted by Crippen LogP contribution is -2.42. The summed E-state index contributed by atoms with van der Waals surface area (Å²) >= 11 is 0. The normalized spacial score (nSPS) is 17.7. The van der Waals surface area contributed by atoms with Gasteiger partial charge in [0.2, 0.25) is 0 Å². The van der Waals surface area contributed by atoms with Gasteiger partial charge in [0.25, 0.3) is 5.91 Å². The molecule has 1 aliphatic carbocycles. The summed E-state index contributed by atoms with van der Waals surface area (Å²) in [7, 11) is 1.69. The van der Waals surface area contributed by atoms with E-state index in [0.29, 0.717) is 17.2 Å². The van der Waals surface area contributed by atoms with Gasteiger partial charge < -0.3 is 21.5 Å². The standard InChI is InChI=1S/C19H22N8O.C2HF3O2/c1-26-11-16(15(10-20)24-26)23-19(28)17-8-6-12-7-9-18(25-27(12)17)22-14-5-3-2-4-13(14)21;3-2(4,5)1(6)7/h6-9,11,13-14H,2-5,21H2,1H3,(H,22,25)(H,23,28);(H,6,7)/t13-,14+;/m0./s1. The van der Waals surface area contributed by atoms with Gasteiger partial charge in [-0.3, -0.25) is 9.48 Å². The quantitative estimate of drug-likeness (QED) is 0.432. The largest absolute Gasteiger partial charge is 0.490 e. The zero-order valence-corrected chi connectivity index (χ0v) is 18.6. The van der Waals surface area contributed by atoms with Crippen molar-refractivity contribution in [1.29, 1.82) is 5.26 Å². The third-order valence-corrected chi connectivity index (χ3v) is 5.32. The summed E-state index contributed by atoms with van der Waals surface area (Å²) < 4.78 is 34.8. The Morgan fingerprint density at radius 1 is 1.20 bits per heavy atom. The second-order valence-electron chi connectivity index (χ2n) is 7.91. The van der Waals surface area contributed by atoms with E-state index >= 15 is 0 Å². The van der Waals surface area contributed by atoms with Gasteiger partial charge in [0.1, 0.15) is 17.6 Å². The third-order valence-electron chi connectivity index (χ3n) is 5.32. The second kappa shape index (κ2) is 10.4.